The van der Waals surface area contributed by atoms with Crippen molar-refractivity contribution in [2.45, 2.75) is 13.1 Å². The molecule has 25 heavy (non-hydrogen) atoms. The van der Waals surface area contributed by atoms with Gasteiger partial charge in [-0.3, -0.25) is 9.69 Å². The van der Waals surface area contributed by atoms with E-state index in [1.807, 2.05) is 6.07 Å². The van der Waals surface area contributed by atoms with Crippen molar-refractivity contribution in [3.63, 3.8) is 0 Å². The summed E-state index contributed by atoms with van der Waals surface area (Å²) >= 11 is 0. The van der Waals surface area contributed by atoms with Crippen LogP contribution in [-0.2, 0) is 17.8 Å². The molecule has 0 radical (unpaired) electrons. The molecule has 2 aromatic heterocycles. The maximum atomic E-state index is 12.5. The largest absolute Gasteiger partial charge is 0.379 e. The molecule has 0 bridgehead atoms. The van der Waals surface area contributed by atoms with Gasteiger partial charge in [0.25, 0.3) is 5.56 Å². The number of rotatable bonds is 4. The second kappa shape index (κ2) is 7.13. The van der Waals surface area contributed by atoms with E-state index in [0.717, 1.165) is 38.4 Å². The van der Waals surface area contributed by atoms with Gasteiger partial charge in [-0.15, -0.1) is 0 Å². The van der Waals surface area contributed by atoms with Crippen LogP contribution in [0.2, 0.25) is 0 Å². The summed E-state index contributed by atoms with van der Waals surface area (Å²) in [6, 6.07) is 10.3. The van der Waals surface area contributed by atoms with Crippen LogP contribution in [0.15, 0.2) is 53.8 Å². The van der Waals surface area contributed by atoms with Crippen molar-refractivity contribution in [2.24, 2.45) is 0 Å². The fraction of sp³-hybridized carbons (Fsp3) is 0.316. The molecule has 0 spiro atoms. The van der Waals surface area contributed by atoms with Crippen molar-refractivity contribution in [2.75, 3.05) is 26.3 Å². The van der Waals surface area contributed by atoms with Crippen LogP contribution in [0.25, 0.3) is 10.9 Å². The number of pyridine rings is 1. The molecule has 6 heteroatoms. The normalized spacial score (nSPS) is 15.5. The van der Waals surface area contributed by atoms with Crippen LogP contribution in [0.1, 0.15) is 11.1 Å². The zero-order valence-electron chi connectivity index (χ0n) is 14.0. The van der Waals surface area contributed by atoms with Gasteiger partial charge in [0.1, 0.15) is 6.33 Å². The Balaban J connectivity index is 1.49. The molecule has 0 unspecified atom stereocenters. The lowest BCUT2D eigenvalue weighted by molar-refractivity contribution is 0.0342. The number of nitrogens with zero attached hydrogens (tertiary/aromatic N) is 4. The molecular weight excluding hydrogens is 316 g/mol. The lowest BCUT2D eigenvalue weighted by Crippen LogP contribution is -2.35. The average molecular weight is 336 g/mol. The molecule has 1 aliphatic heterocycles. The van der Waals surface area contributed by atoms with E-state index in [-0.39, 0.29) is 5.56 Å². The zero-order valence-corrected chi connectivity index (χ0v) is 14.0. The first kappa shape index (κ1) is 15.9. The van der Waals surface area contributed by atoms with Gasteiger partial charge in [-0.2, -0.15) is 0 Å². The molecule has 1 aromatic carbocycles. The average Bonchev–Trinajstić information content (AvgIpc) is 2.67. The van der Waals surface area contributed by atoms with Crippen LogP contribution in [0.3, 0.4) is 0 Å². The Morgan fingerprint density at radius 3 is 2.48 bits per heavy atom. The molecule has 4 rings (SSSR count). The van der Waals surface area contributed by atoms with Gasteiger partial charge in [-0.1, -0.05) is 24.3 Å². The highest BCUT2D eigenvalue weighted by Gasteiger charge is 2.10. The number of hydrogen-bond donors (Lipinski definition) is 0. The molecule has 128 valence electrons. The molecule has 0 aliphatic carbocycles. The van der Waals surface area contributed by atoms with E-state index >= 15 is 0 Å². The summed E-state index contributed by atoms with van der Waals surface area (Å²) in [7, 11) is 0. The van der Waals surface area contributed by atoms with Crippen LogP contribution < -0.4 is 5.56 Å². The number of morpholine rings is 1. The minimum atomic E-state index is -0.0597. The highest BCUT2D eigenvalue weighted by molar-refractivity contribution is 5.75. The van der Waals surface area contributed by atoms with E-state index in [4.69, 9.17) is 4.74 Å². The van der Waals surface area contributed by atoms with Gasteiger partial charge >= 0.3 is 0 Å². The summed E-state index contributed by atoms with van der Waals surface area (Å²) in [6.07, 6.45) is 4.82. The van der Waals surface area contributed by atoms with E-state index in [1.165, 1.54) is 11.9 Å². The molecule has 0 amide bonds. The Hall–Kier alpha value is -2.57. The van der Waals surface area contributed by atoms with Crippen LogP contribution >= 0.6 is 0 Å². The minimum absolute atomic E-state index is 0.0597. The Morgan fingerprint density at radius 2 is 1.72 bits per heavy atom. The lowest BCUT2D eigenvalue weighted by atomic mass is 10.1. The molecule has 0 atom stereocenters. The summed E-state index contributed by atoms with van der Waals surface area (Å²) < 4.78 is 7.08. The molecule has 0 N–H and O–H groups in total. The lowest BCUT2D eigenvalue weighted by Gasteiger charge is -2.26. The highest BCUT2D eigenvalue weighted by atomic mass is 16.5. The third kappa shape index (κ3) is 3.60. The van der Waals surface area contributed by atoms with Crippen LogP contribution in [0.4, 0.5) is 0 Å². The summed E-state index contributed by atoms with van der Waals surface area (Å²) in [5, 5.41) is 0.550. The predicted octanol–water partition coefficient (Wildman–Crippen LogP) is 1.67. The first-order chi connectivity index (χ1) is 12.3. The van der Waals surface area contributed by atoms with Gasteiger partial charge in [-0.25, -0.2) is 9.97 Å². The van der Waals surface area contributed by atoms with Crippen molar-refractivity contribution >= 4 is 10.9 Å². The van der Waals surface area contributed by atoms with Gasteiger partial charge in [0.15, 0.2) is 0 Å². The van der Waals surface area contributed by atoms with Crippen molar-refractivity contribution < 1.29 is 4.74 Å². The number of ether oxygens (including phenoxy) is 1. The Bertz CT molecular complexity index is 915. The number of aromatic nitrogens is 3. The summed E-state index contributed by atoms with van der Waals surface area (Å²) in [5.41, 5.74) is 3.00. The van der Waals surface area contributed by atoms with Crippen LogP contribution in [0, 0.1) is 0 Å². The van der Waals surface area contributed by atoms with Gasteiger partial charge in [0, 0.05) is 32.0 Å². The maximum Gasteiger partial charge on any atom is 0.261 e. The fourth-order valence-electron chi connectivity index (χ4n) is 3.11. The maximum absolute atomic E-state index is 12.5. The first-order valence-electron chi connectivity index (χ1n) is 8.47. The van der Waals surface area contributed by atoms with Crippen molar-refractivity contribution in [3.8, 4) is 0 Å². The van der Waals surface area contributed by atoms with Gasteiger partial charge < -0.3 is 9.30 Å². The number of fused-ring (bicyclic) bond motifs is 1. The van der Waals surface area contributed by atoms with Crippen molar-refractivity contribution in [3.05, 3.63) is 70.5 Å². The molecular formula is C19H20N4O2. The van der Waals surface area contributed by atoms with Gasteiger partial charge in [0.05, 0.1) is 30.7 Å². The topological polar surface area (TPSA) is 60.2 Å². The summed E-state index contributed by atoms with van der Waals surface area (Å²) in [6.45, 7) is 5.07. The summed E-state index contributed by atoms with van der Waals surface area (Å²) in [5.74, 6) is 0. The molecule has 3 aromatic rings. The smallest absolute Gasteiger partial charge is 0.261 e. The van der Waals surface area contributed by atoms with Crippen molar-refractivity contribution in [1.82, 2.24) is 19.4 Å². The molecule has 1 saturated heterocycles. The Kier molecular flexibility index (Phi) is 4.54. The van der Waals surface area contributed by atoms with Crippen LogP contribution in [0.5, 0.6) is 0 Å². The minimum Gasteiger partial charge on any atom is -0.379 e. The predicted molar refractivity (Wildman–Crippen MR) is 95.4 cm³/mol. The van der Waals surface area contributed by atoms with E-state index in [9.17, 15) is 4.79 Å². The number of benzene rings is 1. The first-order valence-corrected chi connectivity index (χ1v) is 8.47. The Morgan fingerprint density at radius 1 is 1.00 bits per heavy atom. The number of hydrogen-bond acceptors (Lipinski definition) is 5. The molecule has 3 heterocycles. The quantitative estimate of drug-likeness (QED) is 0.725. The monoisotopic (exact) mass is 336 g/mol. The molecule has 1 fully saturated rings. The summed E-state index contributed by atoms with van der Waals surface area (Å²) in [4.78, 5) is 23.0. The van der Waals surface area contributed by atoms with E-state index < -0.39 is 0 Å². The fourth-order valence-corrected chi connectivity index (χ4v) is 3.11. The third-order valence-corrected chi connectivity index (χ3v) is 4.53. The van der Waals surface area contributed by atoms with Gasteiger partial charge in [0.2, 0.25) is 0 Å². The van der Waals surface area contributed by atoms with E-state index in [2.05, 4.69) is 39.1 Å². The van der Waals surface area contributed by atoms with E-state index in [1.54, 1.807) is 17.0 Å². The van der Waals surface area contributed by atoms with Crippen molar-refractivity contribution in [1.29, 1.82) is 0 Å². The van der Waals surface area contributed by atoms with Crippen LogP contribution in [-0.4, -0.2) is 45.7 Å². The zero-order chi connectivity index (χ0) is 17.1. The molecule has 6 nitrogen and oxygen atoms in total. The van der Waals surface area contributed by atoms with Gasteiger partial charge in [-0.05, 0) is 17.2 Å². The highest BCUT2D eigenvalue weighted by Crippen LogP contribution is 2.11. The SMILES string of the molecule is O=c1c2cncnc2ccn1Cc1ccc(CN2CCOCC2)cc1. The second-order valence-electron chi connectivity index (χ2n) is 6.28. The molecule has 1 aliphatic rings. The second-order valence-corrected chi connectivity index (χ2v) is 6.28. The standard InChI is InChI=1S/C19H20N4O2/c24-19-17-11-20-14-21-18(17)5-6-23(19)13-16-3-1-15(2-4-16)12-22-7-9-25-10-8-22/h1-6,11,14H,7-10,12-13H2. The molecule has 0 saturated carbocycles. The van der Waals surface area contributed by atoms with E-state index in [0.29, 0.717) is 17.4 Å². The Labute approximate surface area is 145 Å². The third-order valence-electron chi connectivity index (χ3n) is 4.53.